The molecule has 1 amide bonds. The van der Waals surface area contributed by atoms with Gasteiger partial charge in [-0.25, -0.2) is 0 Å². The number of carbonyl (C=O) groups is 1. The van der Waals surface area contributed by atoms with Crippen molar-refractivity contribution in [1.29, 1.82) is 0 Å². The molecule has 0 bridgehead atoms. The van der Waals surface area contributed by atoms with Gasteiger partial charge in [0.1, 0.15) is 10.6 Å². The zero-order valence-corrected chi connectivity index (χ0v) is 11.7. The second kappa shape index (κ2) is 4.57. The Morgan fingerprint density at radius 2 is 2.17 bits per heavy atom. The van der Waals surface area contributed by atoms with Crippen molar-refractivity contribution in [2.45, 2.75) is 44.7 Å². The van der Waals surface area contributed by atoms with E-state index in [-0.39, 0.29) is 5.91 Å². The minimum absolute atomic E-state index is 0.170. The summed E-state index contributed by atoms with van der Waals surface area (Å²) in [6.45, 7) is 2.20. The monoisotopic (exact) mass is 265 g/mol. The van der Waals surface area contributed by atoms with E-state index in [1.165, 1.54) is 24.2 Å². The molecule has 1 atom stereocenters. The van der Waals surface area contributed by atoms with Crippen LogP contribution in [0.5, 0.6) is 5.75 Å². The average molecular weight is 265 g/mol. The van der Waals surface area contributed by atoms with E-state index < -0.39 is 0 Å². The molecule has 1 aromatic rings. The molecule has 0 saturated heterocycles. The van der Waals surface area contributed by atoms with Gasteiger partial charge >= 0.3 is 0 Å². The summed E-state index contributed by atoms with van der Waals surface area (Å²) in [4.78, 5) is 15.6. The quantitative estimate of drug-likeness (QED) is 0.818. The number of carbonyl (C=O) groups excluding carboxylic acids is 1. The van der Waals surface area contributed by atoms with Crippen LogP contribution >= 0.6 is 11.3 Å². The molecule has 0 N–H and O–H groups in total. The molecule has 2 aliphatic carbocycles. The Balaban J connectivity index is 1.83. The van der Waals surface area contributed by atoms with Crippen LogP contribution in [0.15, 0.2) is 11.4 Å². The zero-order chi connectivity index (χ0) is 12.7. The van der Waals surface area contributed by atoms with E-state index in [4.69, 9.17) is 4.74 Å². The highest BCUT2D eigenvalue weighted by molar-refractivity contribution is 7.12. The predicted molar refractivity (Wildman–Crippen MR) is 72.2 cm³/mol. The summed E-state index contributed by atoms with van der Waals surface area (Å²) in [5.41, 5.74) is 0. The van der Waals surface area contributed by atoms with E-state index in [1.807, 2.05) is 11.4 Å². The van der Waals surface area contributed by atoms with E-state index >= 15 is 0 Å². The fraction of sp³-hybridized carbons (Fsp3) is 0.643. The maximum absolute atomic E-state index is 12.7. The van der Waals surface area contributed by atoms with Crippen LogP contribution in [0.4, 0.5) is 0 Å². The molecule has 3 nitrogen and oxygen atoms in total. The van der Waals surface area contributed by atoms with Crippen LogP contribution in [-0.4, -0.2) is 30.0 Å². The van der Waals surface area contributed by atoms with Gasteiger partial charge in [-0.05, 0) is 50.0 Å². The summed E-state index contributed by atoms with van der Waals surface area (Å²) >= 11 is 1.49. The molecule has 2 aliphatic rings. The van der Waals surface area contributed by atoms with Crippen molar-refractivity contribution < 1.29 is 9.53 Å². The predicted octanol–water partition coefficient (Wildman–Crippen LogP) is 3.16. The first-order valence-electron chi connectivity index (χ1n) is 6.66. The maximum atomic E-state index is 12.7. The first-order chi connectivity index (χ1) is 8.72. The van der Waals surface area contributed by atoms with Gasteiger partial charge in [0.05, 0.1) is 7.11 Å². The minimum atomic E-state index is 0.170. The third-order valence-corrected chi connectivity index (χ3v) is 4.84. The van der Waals surface area contributed by atoms with Gasteiger partial charge in [0.2, 0.25) is 0 Å². The molecule has 4 heteroatoms. The summed E-state index contributed by atoms with van der Waals surface area (Å²) in [5.74, 6) is 1.61. The Kier molecular flexibility index (Phi) is 3.06. The number of rotatable bonds is 5. The smallest absolute Gasteiger partial charge is 0.268 e. The van der Waals surface area contributed by atoms with Gasteiger partial charge in [-0.3, -0.25) is 4.79 Å². The number of amides is 1. The van der Waals surface area contributed by atoms with Gasteiger partial charge in [0.15, 0.2) is 0 Å². The van der Waals surface area contributed by atoms with Gasteiger partial charge in [-0.1, -0.05) is 0 Å². The van der Waals surface area contributed by atoms with Crippen LogP contribution in [0, 0.1) is 5.92 Å². The van der Waals surface area contributed by atoms with Crippen LogP contribution in [0.2, 0.25) is 0 Å². The van der Waals surface area contributed by atoms with Crippen LogP contribution < -0.4 is 4.74 Å². The molecule has 0 unspecified atom stereocenters. The number of methoxy groups -OCH3 is 1. The molecule has 0 aliphatic heterocycles. The molecule has 0 spiro atoms. The van der Waals surface area contributed by atoms with Crippen molar-refractivity contribution in [2.75, 3.05) is 7.11 Å². The summed E-state index contributed by atoms with van der Waals surface area (Å²) in [6.07, 6.45) is 4.88. The SMILES string of the molecule is COc1ccsc1C(=O)N(C1CC1)[C@H](C)C1CC1. The second-order valence-corrected chi connectivity index (χ2v) is 6.26. The second-order valence-electron chi connectivity index (χ2n) is 5.34. The lowest BCUT2D eigenvalue weighted by atomic mass is 10.1. The topological polar surface area (TPSA) is 29.5 Å². The van der Waals surface area contributed by atoms with Crippen LogP contribution in [0.25, 0.3) is 0 Å². The molecular weight excluding hydrogens is 246 g/mol. The molecule has 3 rings (SSSR count). The lowest BCUT2D eigenvalue weighted by Crippen LogP contribution is -2.41. The molecule has 98 valence electrons. The van der Waals surface area contributed by atoms with Crippen molar-refractivity contribution in [2.24, 2.45) is 5.92 Å². The van der Waals surface area contributed by atoms with Gasteiger partial charge in [-0.15, -0.1) is 11.3 Å². The fourth-order valence-corrected chi connectivity index (χ4v) is 3.37. The molecule has 2 saturated carbocycles. The Labute approximate surface area is 112 Å². The normalized spacial score (nSPS) is 20.6. The standard InChI is InChI=1S/C14H19NO2S/c1-9(10-3-4-10)15(11-5-6-11)14(16)13-12(17-2)7-8-18-13/h7-11H,3-6H2,1-2H3/t9-/m1/s1. The maximum Gasteiger partial charge on any atom is 0.268 e. The first kappa shape index (κ1) is 12.0. The number of nitrogens with zero attached hydrogens (tertiary/aromatic N) is 1. The van der Waals surface area contributed by atoms with Crippen LogP contribution in [-0.2, 0) is 0 Å². The zero-order valence-electron chi connectivity index (χ0n) is 10.9. The van der Waals surface area contributed by atoms with E-state index in [9.17, 15) is 4.79 Å². The Morgan fingerprint density at radius 3 is 2.72 bits per heavy atom. The molecule has 18 heavy (non-hydrogen) atoms. The Bertz CT molecular complexity index is 448. The number of hydrogen-bond donors (Lipinski definition) is 0. The largest absolute Gasteiger partial charge is 0.495 e. The highest BCUT2D eigenvalue weighted by Crippen LogP contribution is 2.41. The van der Waals surface area contributed by atoms with E-state index in [0.29, 0.717) is 12.1 Å². The molecule has 0 aromatic carbocycles. The van der Waals surface area contributed by atoms with Gasteiger partial charge < -0.3 is 9.64 Å². The van der Waals surface area contributed by atoms with Crippen molar-refractivity contribution in [1.82, 2.24) is 4.90 Å². The van der Waals surface area contributed by atoms with Gasteiger partial charge in [-0.2, -0.15) is 0 Å². The molecule has 2 fully saturated rings. The van der Waals surface area contributed by atoms with Crippen LogP contribution in [0.3, 0.4) is 0 Å². The summed E-state index contributed by atoms with van der Waals surface area (Å²) in [5, 5.41) is 1.93. The summed E-state index contributed by atoms with van der Waals surface area (Å²) < 4.78 is 5.28. The van der Waals surface area contributed by atoms with E-state index in [1.54, 1.807) is 7.11 Å². The highest BCUT2D eigenvalue weighted by Gasteiger charge is 2.42. The third kappa shape index (κ3) is 2.14. The van der Waals surface area contributed by atoms with E-state index in [2.05, 4.69) is 11.8 Å². The molecule has 0 radical (unpaired) electrons. The van der Waals surface area contributed by atoms with Crippen molar-refractivity contribution in [3.05, 3.63) is 16.3 Å². The molecule has 1 heterocycles. The highest BCUT2D eigenvalue weighted by atomic mass is 32.1. The number of hydrogen-bond acceptors (Lipinski definition) is 3. The van der Waals surface area contributed by atoms with Crippen molar-refractivity contribution >= 4 is 17.2 Å². The van der Waals surface area contributed by atoms with E-state index in [0.717, 1.165) is 29.4 Å². The minimum Gasteiger partial charge on any atom is -0.495 e. The lowest BCUT2D eigenvalue weighted by molar-refractivity contribution is 0.0656. The first-order valence-corrected chi connectivity index (χ1v) is 7.54. The fourth-order valence-electron chi connectivity index (χ4n) is 2.57. The van der Waals surface area contributed by atoms with Crippen molar-refractivity contribution in [3.8, 4) is 5.75 Å². The summed E-state index contributed by atoms with van der Waals surface area (Å²) in [6, 6.07) is 2.74. The Morgan fingerprint density at radius 1 is 1.44 bits per heavy atom. The summed E-state index contributed by atoms with van der Waals surface area (Å²) in [7, 11) is 1.63. The van der Waals surface area contributed by atoms with Gasteiger partial charge in [0, 0.05) is 12.1 Å². The Hall–Kier alpha value is -1.03. The third-order valence-electron chi connectivity index (χ3n) is 3.96. The lowest BCUT2D eigenvalue weighted by Gasteiger charge is -2.29. The van der Waals surface area contributed by atoms with Crippen LogP contribution in [0.1, 0.15) is 42.3 Å². The number of ether oxygens (including phenoxy) is 1. The average Bonchev–Trinajstić information content (AvgIpc) is 3.27. The number of thiophene rings is 1. The molecule has 1 aromatic heterocycles. The van der Waals surface area contributed by atoms with Crippen molar-refractivity contribution in [3.63, 3.8) is 0 Å². The van der Waals surface area contributed by atoms with Gasteiger partial charge in [0.25, 0.3) is 5.91 Å². The molecular formula is C14H19NO2S.